The van der Waals surface area contributed by atoms with E-state index in [4.69, 9.17) is 9.47 Å². The predicted octanol–water partition coefficient (Wildman–Crippen LogP) is 4.14. The molecule has 0 saturated carbocycles. The van der Waals surface area contributed by atoms with Crippen molar-refractivity contribution in [1.82, 2.24) is 0 Å². The molecule has 4 heteroatoms. The summed E-state index contributed by atoms with van der Waals surface area (Å²) in [5.74, 6) is 0.633. The summed E-state index contributed by atoms with van der Waals surface area (Å²) >= 11 is 0. The number of rotatable bonds is 3. The lowest BCUT2D eigenvalue weighted by molar-refractivity contribution is 0.112. The van der Waals surface area contributed by atoms with Crippen LogP contribution in [0.3, 0.4) is 0 Å². The summed E-state index contributed by atoms with van der Waals surface area (Å²) in [7, 11) is 0. The van der Waals surface area contributed by atoms with Crippen LogP contribution in [0.25, 0.3) is 0 Å². The first-order valence-corrected chi connectivity index (χ1v) is 6.72. The molecule has 1 aliphatic rings. The van der Waals surface area contributed by atoms with Crippen LogP contribution in [0.15, 0.2) is 36.4 Å². The Morgan fingerprint density at radius 2 is 2.05 bits per heavy atom. The average molecular weight is 286 g/mol. The summed E-state index contributed by atoms with van der Waals surface area (Å²) in [6.45, 7) is 3.99. The molecule has 0 radical (unpaired) electrons. The number of halogens is 1. The average Bonchev–Trinajstić information content (AvgIpc) is 2.76. The Morgan fingerprint density at radius 3 is 2.76 bits per heavy atom. The van der Waals surface area contributed by atoms with Crippen LogP contribution in [-0.2, 0) is 6.42 Å². The number of hydrogen-bond acceptors (Lipinski definition) is 3. The van der Waals surface area contributed by atoms with E-state index < -0.39 is 5.82 Å². The molecule has 0 spiro atoms. The van der Waals surface area contributed by atoms with Crippen molar-refractivity contribution in [1.29, 1.82) is 0 Å². The summed E-state index contributed by atoms with van der Waals surface area (Å²) < 4.78 is 25.4. The fraction of sp³-hybridized carbons (Fsp3) is 0.235. The van der Waals surface area contributed by atoms with E-state index in [1.807, 2.05) is 26.0 Å². The van der Waals surface area contributed by atoms with E-state index in [0.29, 0.717) is 17.8 Å². The molecular formula is C17H15FO3. The Bertz CT molecular complexity index is 707. The first-order valence-electron chi connectivity index (χ1n) is 6.72. The fourth-order valence-corrected chi connectivity index (χ4v) is 2.46. The van der Waals surface area contributed by atoms with Crippen LogP contribution in [0.1, 0.15) is 29.8 Å². The van der Waals surface area contributed by atoms with Gasteiger partial charge in [0.25, 0.3) is 0 Å². The van der Waals surface area contributed by atoms with E-state index in [9.17, 15) is 9.18 Å². The second-order valence-electron chi connectivity index (χ2n) is 5.69. The SMILES string of the molecule is CC1(C)Cc2cccc(Oc3ccc(C=O)cc3F)c2O1. The van der Waals surface area contributed by atoms with Crippen molar-refractivity contribution >= 4 is 6.29 Å². The van der Waals surface area contributed by atoms with Crippen LogP contribution in [0.5, 0.6) is 17.2 Å². The summed E-state index contributed by atoms with van der Waals surface area (Å²) in [6, 6.07) is 9.68. The number of benzene rings is 2. The summed E-state index contributed by atoms with van der Waals surface area (Å²) in [5.41, 5.74) is 1.03. The molecule has 2 aromatic carbocycles. The number of ether oxygens (including phenoxy) is 2. The van der Waals surface area contributed by atoms with Gasteiger partial charge in [0.15, 0.2) is 23.1 Å². The lowest BCUT2D eigenvalue weighted by atomic mass is 10.0. The molecule has 0 N–H and O–H groups in total. The maximum atomic E-state index is 13.9. The van der Waals surface area contributed by atoms with Crippen LogP contribution < -0.4 is 9.47 Å². The molecule has 3 nitrogen and oxygen atoms in total. The van der Waals surface area contributed by atoms with E-state index in [-0.39, 0.29) is 16.9 Å². The Kier molecular flexibility index (Phi) is 3.16. The Balaban J connectivity index is 1.94. The molecule has 108 valence electrons. The summed E-state index contributed by atoms with van der Waals surface area (Å²) in [6.07, 6.45) is 1.38. The Labute approximate surface area is 122 Å². The number of hydrogen-bond donors (Lipinski definition) is 0. The van der Waals surface area contributed by atoms with Gasteiger partial charge in [0.1, 0.15) is 11.9 Å². The van der Waals surface area contributed by atoms with Gasteiger partial charge in [-0.25, -0.2) is 4.39 Å². The molecule has 0 saturated heterocycles. The van der Waals surface area contributed by atoms with Crippen LogP contribution >= 0.6 is 0 Å². The van der Waals surface area contributed by atoms with E-state index in [2.05, 4.69) is 0 Å². The van der Waals surface area contributed by atoms with Crippen LogP contribution in [0.4, 0.5) is 4.39 Å². The first-order chi connectivity index (χ1) is 9.98. The molecule has 1 aliphatic heterocycles. The maximum absolute atomic E-state index is 13.9. The second-order valence-corrected chi connectivity index (χ2v) is 5.69. The summed E-state index contributed by atoms with van der Waals surface area (Å²) in [4.78, 5) is 10.6. The number of fused-ring (bicyclic) bond motifs is 1. The largest absolute Gasteiger partial charge is 0.483 e. The third-order valence-corrected chi connectivity index (χ3v) is 3.37. The van der Waals surface area contributed by atoms with E-state index in [1.165, 1.54) is 12.1 Å². The number of carbonyl (C=O) groups is 1. The second kappa shape index (κ2) is 4.88. The van der Waals surface area contributed by atoms with Gasteiger partial charge in [-0.2, -0.15) is 0 Å². The lowest BCUT2D eigenvalue weighted by Gasteiger charge is -2.18. The van der Waals surface area contributed by atoms with Gasteiger partial charge >= 0.3 is 0 Å². The molecule has 0 amide bonds. The molecule has 3 rings (SSSR count). The van der Waals surface area contributed by atoms with Crippen molar-refractivity contribution in [3.8, 4) is 17.2 Å². The molecular weight excluding hydrogens is 271 g/mol. The Hall–Kier alpha value is -2.36. The standard InChI is InChI=1S/C17H15FO3/c1-17(2)9-12-4-3-5-15(16(12)21-17)20-14-7-6-11(10-19)8-13(14)18/h3-8,10H,9H2,1-2H3. The van der Waals surface area contributed by atoms with Gasteiger partial charge in [0.2, 0.25) is 0 Å². The predicted molar refractivity (Wildman–Crippen MR) is 76.7 cm³/mol. The molecule has 1 heterocycles. The summed E-state index contributed by atoms with van der Waals surface area (Å²) in [5, 5.41) is 0. The third-order valence-electron chi connectivity index (χ3n) is 3.37. The van der Waals surface area contributed by atoms with Crippen molar-refractivity contribution in [3.05, 3.63) is 53.3 Å². The molecule has 0 atom stereocenters. The van der Waals surface area contributed by atoms with Crippen molar-refractivity contribution in [2.24, 2.45) is 0 Å². The van der Waals surface area contributed by atoms with Crippen molar-refractivity contribution in [2.75, 3.05) is 0 Å². The van der Waals surface area contributed by atoms with Crippen molar-refractivity contribution in [2.45, 2.75) is 25.9 Å². The zero-order valence-electron chi connectivity index (χ0n) is 11.9. The maximum Gasteiger partial charge on any atom is 0.169 e. The van der Waals surface area contributed by atoms with Gasteiger partial charge in [0, 0.05) is 17.5 Å². The van der Waals surface area contributed by atoms with Crippen molar-refractivity contribution in [3.63, 3.8) is 0 Å². The van der Waals surface area contributed by atoms with Gasteiger partial charge < -0.3 is 9.47 Å². The zero-order valence-corrected chi connectivity index (χ0v) is 11.9. The molecule has 0 unspecified atom stereocenters. The van der Waals surface area contributed by atoms with Gasteiger partial charge in [-0.3, -0.25) is 4.79 Å². The fourth-order valence-electron chi connectivity index (χ4n) is 2.46. The van der Waals surface area contributed by atoms with Crippen molar-refractivity contribution < 1.29 is 18.7 Å². The van der Waals surface area contributed by atoms with Crippen LogP contribution in [0, 0.1) is 5.82 Å². The number of aldehydes is 1. The van der Waals surface area contributed by atoms with E-state index in [1.54, 1.807) is 6.07 Å². The quantitative estimate of drug-likeness (QED) is 0.795. The molecule has 0 bridgehead atoms. The minimum Gasteiger partial charge on any atom is -0.483 e. The van der Waals surface area contributed by atoms with Gasteiger partial charge in [0.05, 0.1) is 0 Å². The van der Waals surface area contributed by atoms with Gasteiger partial charge in [-0.15, -0.1) is 0 Å². The highest BCUT2D eigenvalue weighted by Gasteiger charge is 2.32. The van der Waals surface area contributed by atoms with Crippen LogP contribution in [-0.4, -0.2) is 11.9 Å². The van der Waals surface area contributed by atoms with Gasteiger partial charge in [-0.1, -0.05) is 12.1 Å². The molecule has 21 heavy (non-hydrogen) atoms. The number of para-hydroxylation sites is 1. The van der Waals surface area contributed by atoms with E-state index >= 15 is 0 Å². The monoisotopic (exact) mass is 286 g/mol. The van der Waals surface area contributed by atoms with Crippen LogP contribution in [0.2, 0.25) is 0 Å². The first kappa shape index (κ1) is 13.6. The molecule has 0 aliphatic carbocycles. The number of carbonyl (C=O) groups excluding carboxylic acids is 1. The highest BCUT2D eigenvalue weighted by molar-refractivity contribution is 5.75. The molecule has 0 aromatic heterocycles. The minimum absolute atomic E-state index is 0.0716. The highest BCUT2D eigenvalue weighted by atomic mass is 19.1. The zero-order chi connectivity index (χ0) is 15.0. The topological polar surface area (TPSA) is 35.5 Å². The third kappa shape index (κ3) is 2.61. The Morgan fingerprint density at radius 1 is 1.24 bits per heavy atom. The van der Waals surface area contributed by atoms with Gasteiger partial charge in [-0.05, 0) is 38.1 Å². The highest BCUT2D eigenvalue weighted by Crippen LogP contribution is 2.43. The van der Waals surface area contributed by atoms with E-state index in [0.717, 1.165) is 18.1 Å². The smallest absolute Gasteiger partial charge is 0.169 e. The lowest BCUT2D eigenvalue weighted by Crippen LogP contribution is -2.24. The normalized spacial score (nSPS) is 15.2. The minimum atomic E-state index is -0.575. The molecule has 2 aromatic rings. The molecule has 0 fully saturated rings.